The summed E-state index contributed by atoms with van der Waals surface area (Å²) in [4.78, 5) is 25.5. The number of pyridine rings is 1. The van der Waals surface area contributed by atoms with Gasteiger partial charge in [0.15, 0.2) is 5.43 Å². The van der Waals surface area contributed by atoms with Crippen molar-refractivity contribution in [2.75, 3.05) is 0 Å². The van der Waals surface area contributed by atoms with Crippen LogP contribution in [0.2, 0.25) is 0 Å². The first-order valence-electron chi connectivity index (χ1n) is 5.70. The highest BCUT2D eigenvalue weighted by molar-refractivity contribution is 5.89. The maximum atomic E-state index is 11.9. The minimum Gasteiger partial charge on any atom is -0.477 e. The number of aromatic carboxylic acids is 1. The van der Waals surface area contributed by atoms with Gasteiger partial charge < -0.3 is 10.1 Å². The van der Waals surface area contributed by atoms with Gasteiger partial charge in [-0.25, -0.2) is 4.79 Å². The van der Waals surface area contributed by atoms with Gasteiger partial charge in [-0.05, 0) is 23.1 Å². The van der Waals surface area contributed by atoms with Crippen molar-refractivity contribution in [1.29, 1.82) is 0 Å². The number of aromatic nitrogens is 1. The van der Waals surface area contributed by atoms with Gasteiger partial charge in [0, 0.05) is 17.0 Å². The van der Waals surface area contributed by atoms with Crippen molar-refractivity contribution in [2.45, 2.75) is 26.2 Å². The lowest BCUT2D eigenvalue weighted by Gasteiger charge is -2.19. The molecule has 0 spiro atoms. The van der Waals surface area contributed by atoms with E-state index in [1.54, 1.807) is 6.07 Å². The standard InChI is InChI=1S/C14H15NO3/c1-14(2,3)8-4-5-10-9(6-8)12(16)7-11(15-10)13(17)18/h4-7H,1-3H3,(H,15,16)(H,17,18). The van der Waals surface area contributed by atoms with Crippen molar-refractivity contribution in [3.63, 3.8) is 0 Å². The van der Waals surface area contributed by atoms with Crippen LogP contribution in [0.25, 0.3) is 10.9 Å². The highest BCUT2D eigenvalue weighted by Crippen LogP contribution is 2.24. The first-order chi connectivity index (χ1) is 8.29. The number of carboxylic acid groups (broad SMARTS) is 1. The number of carbonyl (C=O) groups is 1. The summed E-state index contributed by atoms with van der Waals surface area (Å²) < 4.78 is 0. The quantitative estimate of drug-likeness (QED) is 0.811. The molecule has 0 atom stereocenters. The van der Waals surface area contributed by atoms with Crippen molar-refractivity contribution >= 4 is 16.9 Å². The van der Waals surface area contributed by atoms with E-state index in [1.165, 1.54) is 0 Å². The number of hydrogen-bond donors (Lipinski definition) is 2. The van der Waals surface area contributed by atoms with Crippen LogP contribution in [0.1, 0.15) is 36.8 Å². The number of carboxylic acids is 1. The SMILES string of the molecule is CC(C)(C)c1ccc2[nH]c(C(=O)O)cc(=O)c2c1. The second-order valence-corrected chi connectivity index (χ2v) is 5.36. The molecule has 0 aliphatic carbocycles. The molecule has 4 heteroatoms. The number of rotatable bonds is 1. The van der Waals surface area contributed by atoms with Crippen molar-refractivity contribution in [3.8, 4) is 0 Å². The Morgan fingerprint density at radius 1 is 1.22 bits per heavy atom. The number of aromatic amines is 1. The molecule has 94 valence electrons. The summed E-state index contributed by atoms with van der Waals surface area (Å²) in [7, 11) is 0. The summed E-state index contributed by atoms with van der Waals surface area (Å²) in [6.07, 6.45) is 0. The van der Waals surface area contributed by atoms with E-state index < -0.39 is 5.97 Å². The van der Waals surface area contributed by atoms with Crippen LogP contribution in [-0.2, 0) is 5.41 Å². The van der Waals surface area contributed by atoms with Crippen molar-refractivity contribution in [1.82, 2.24) is 4.98 Å². The highest BCUT2D eigenvalue weighted by Gasteiger charge is 2.15. The molecule has 0 fully saturated rings. The van der Waals surface area contributed by atoms with Crippen LogP contribution in [-0.4, -0.2) is 16.1 Å². The zero-order valence-corrected chi connectivity index (χ0v) is 10.6. The molecule has 0 aliphatic rings. The average molecular weight is 245 g/mol. The van der Waals surface area contributed by atoms with E-state index in [0.29, 0.717) is 10.9 Å². The molecule has 1 heterocycles. The molecule has 0 unspecified atom stereocenters. The molecular weight excluding hydrogens is 230 g/mol. The Morgan fingerprint density at radius 2 is 1.89 bits per heavy atom. The molecule has 0 bridgehead atoms. The second kappa shape index (κ2) is 3.98. The maximum absolute atomic E-state index is 11.9. The van der Waals surface area contributed by atoms with Gasteiger partial charge in [-0.1, -0.05) is 26.8 Å². The zero-order chi connectivity index (χ0) is 13.5. The molecule has 2 aromatic rings. The minimum atomic E-state index is -1.13. The summed E-state index contributed by atoms with van der Waals surface area (Å²) in [5.74, 6) is -1.13. The third-order valence-electron chi connectivity index (χ3n) is 2.93. The second-order valence-electron chi connectivity index (χ2n) is 5.36. The van der Waals surface area contributed by atoms with E-state index in [9.17, 15) is 9.59 Å². The summed E-state index contributed by atoms with van der Waals surface area (Å²) in [6.45, 7) is 6.19. The van der Waals surface area contributed by atoms with Crippen molar-refractivity contribution in [2.24, 2.45) is 0 Å². The number of fused-ring (bicyclic) bond motifs is 1. The van der Waals surface area contributed by atoms with E-state index in [1.807, 2.05) is 12.1 Å². The lowest BCUT2D eigenvalue weighted by atomic mass is 9.86. The van der Waals surface area contributed by atoms with Crippen LogP contribution in [0.5, 0.6) is 0 Å². The Bertz CT molecular complexity index is 677. The Hall–Kier alpha value is -2.10. The third kappa shape index (κ3) is 2.14. The normalized spacial score (nSPS) is 11.7. The van der Waals surface area contributed by atoms with Gasteiger partial charge in [0.05, 0.1) is 0 Å². The Kier molecular flexibility index (Phi) is 2.73. The van der Waals surface area contributed by atoms with Gasteiger partial charge in [0.1, 0.15) is 5.69 Å². The van der Waals surface area contributed by atoms with Crippen LogP contribution < -0.4 is 5.43 Å². The summed E-state index contributed by atoms with van der Waals surface area (Å²) in [5, 5.41) is 9.40. The van der Waals surface area contributed by atoms with E-state index in [4.69, 9.17) is 5.11 Å². The van der Waals surface area contributed by atoms with Crippen LogP contribution in [0.15, 0.2) is 29.1 Å². The Morgan fingerprint density at radius 3 is 2.44 bits per heavy atom. The number of benzene rings is 1. The van der Waals surface area contributed by atoms with Gasteiger partial charge >= 0.3 is 5.97 Å². The minimum absolute atomic E-state index is 0.0495. The van der Waals surface area contributed by atoms with Gasteiger partial charge in [0.2, 0.25) is 0 Å². The Labute approximate surface area is 104 Å². The predicted octanol–water partition coefficient (Wildman–Crippen LogP) is 2.52. The van der Waals surface area contributed by atoms with Crippen molar-refractivity contribution < 1.29 is 9.90 Å². The molecule has 18 heavy (non-hydrogen) atoms. The fraction of sp³-hybridized carbons (Fsp3) is 0.286. The largest absolute Gasteiger partial charge is 0.477 e. The molecule has 4 nitrogen and oxygen atoms in total. The topological polar surface area (TPSA) is 70.2 Å². The fourth-order valence-corrected chi connectivity index (χ4v) is 1.83. The fourth-order valence-electron chi connectivity index (χ4n) is 1.83. The van der Waals surface area contributed by atoms with Crippen LogP contribution in [0.4, 0.5) is 0 Å². The van der Waals surface area contributed by atoms with Crippen LogP contribution in [0.3, 0.4) is 0 Å². The van der Waals surface area contributed by atoms with E-state index in [2.05, 4.69) is 25.8 Å². The Balaban J connectivity index is 2.74. The summed E-state index contributed by atoms with van der Waals surface area (Å²) in [5.41, 5.74) is 1.19. The predicted molar refractivity (Wildman–Crippen MR) is 70.2 cm³/mol. The number of H-pyrrole nitrogens is 1. The average Bonchev–Trinajstić information content (AvgIpc) is 2.27. The van der Waals surface area contributed by atoms with Gasteiger partial charge in [-0.3, -0.25) is 4.79 Å². The van der Waals surface area contributed by atoms with Gasteiger partial charge in [-0.2, -0.15) is 0 Å². The smallest absolute Gasteiger partial charge is 0.352 e. The molecule has 0 saturated carbocycles. The summed E-state index contributed by atoms with van der Waals surface area (Å²) >= 11 is 0. The molecule has 2 rings (SSSR count). The van der Waals surface area contributed by atoms with Crippen LogP contribution in [0, 0.1) is 0 Å². The zero-order valence-electron chi connectivity index (χ0n) is 10.6. The van der Waals surface area contributed by atoms with Gasteiger partial charge in [0.25, 0.3) is 0 Å². The molecule has 1 aromatic carbocycles. The van der Waals surface area contributed by atoms with E-state index in [0.717, 1.165) is 11.6 Å². The third-order valence-corrected chi connectivity index (χ3v) is 2.93. The summed E-state index contributed by atoms with van der Waals surface area (Å²) in [6, 6.07) is 6.60. The number of hydrogen-bond acceptors (Lipinski definition) is 2. The monoisotopic (exact) mass is 245 g/mol. The lowest BCUT2D eigenvalue weighted by Crippen LogP contribution is -2.14. The number of nitrogens with one attached hydrogen (secondary N) is 1. The van der Waals surface area contributed by atoms with Crippen LogP contribution >= 0.6 is 0 Å². The molecule has 0 radical (unpaired) electrons. The first kappa shape index (κ1) is 12.4. The molecular formula is C14H15NO3. The molecule has 1 aromatic heterocycles. The van der Waals surface area contributed by atoms with E-state index >= 15 is 0 Å². The highest BCUT2D eigenvalue weighted by atomic mass is 16.4. The molecule has 0 amide bonds. The molecule has 0 aliphatic heterocycles. The lowest BCUT2D eigenvalue weighted by molar-refractivity contribution is 0.0691. The van der Waals surface area contributed by atoms with Gasteiger partial charge in [-0.15, -0.1) is 0 Å². The maximum Gasteiger partial charge on any atom is 0.352 e. The molecule has 2 N–H and O–H groups in total. The molecule has 0 saturated heterocycles. The van der Waals surface area contributed by atoms with Crippen molar-refractivity contribution in [3.05, 3.63) is 45.7 Å². The first-order valence-corrected chi connectivity index (χ1v) is 5.70. The van der Waals surface area contributed by atoms with E-state index in [-0.39, 0.29) is 16.5 Å².